The first kappa shape index (κ1) is 12.5. The molecule has 0 amide bonds. The monoisotopic (exact) mass is 242 g/mol. The van der Waals surface area contributed by atoms with Crippen molar-refractivity contribution in [1.82, 2.24) is 9.97 Å². The Kier molecular flexibility index (Phi) is 3.30. The minimum absolute atomic E-state index is 0.678. The van der Waals surface area contributed by atoms with E-state index in [4.69, 9.17) is 5.84 Å². The fourth-order valence-corrected chi connectivity index (χ4v) is 1.95. The summed E-state index contributed by atoms with van der Waals surface area (Å²) in [6.45, 7) is 8.06. The lowest BCUT2D eigenvalue weighted by atomic mass is 10.0. The highest BCUT2D eigenvalue weighted by molar-refractivity contribution is 5.63. The number of benzene rings is 1. The Bertz CT molecular complexity index is 591. The molecular formula is C14H18N4. The van der Waals surface area contributed by atoms with Crippen LogP contribution in [-0.4, -0.2) is 9.97 Å². The minimum Gasteiger partial charge on any atom is -0.308 e. The highest BCUT2D eigenvalue weighted by atomic mass is 15.3. The highest BCUT2D eigenvalue weighted by Crippen LogP contribution is 2.24. The van der Waals surface area contributed by atoms with Crippen LogP contribution < -0.4 is 11.3 Å². The predicted octanol–water partition coefficient (Wildman–Crippen LogP) is 2.66. The van der Waals surface area contributed by atoms with Crippen molar-refractivity contribution in [3.05, 3.63) is 40.6 Å². The molecule has 0 saturated heterocycles. The van der Waals surface area contributed by atoms with Crippen LogP contribution >= 0.6 is 0 Å². The van der Waals surface area contributed by atoms with Crippen molar-refractivity contribution >= 4 is 5.82 Å². The van der Waals surface area contributed by atoms with Crippen molar-refractivity contribution in [3.63, 3.8) is 0 Å². The molecule has 0 radical (unpaired) electrons. The standard InChI is InChI=1S/C14H18N4/c1-8-5-6-12(9(2)7-8)14-16-11(4)10(3)13(17-14)18-15/h5-7H,15H2,1-4H3,(H,16,17,18). The Morgan fingerprint density at radius 2 is 1.78 bits per heavy atom. The van der Waals surface area contributed by atoms with E-state index in [1.165, 1.54) is 11.1 Å². The van der Waals surface area contributed by atoms with Gasteiger partial charge in [-0.05, 0) is 33.3 Å². The number of hydrogen-bond acceptors (Lipinski definition) is 4. The van der Waals surface area contributed by atoms with Gasteiger partial charge in [0, 0.05) is 16.8 Å². The molecule has 2 aromatic rings. The lowest BCUT2D eigenvalue weighted by Gasteiger charge is -2.11. The van der Waals surface area contributed by atoms with Crippen LogP contribution in [0.5, 0.6) is 0 Å². The Morgan fingerprint density at radius 1 is 1.06 bits per heavy atom. The van der Waals surface area contributed by atoms with E-state index >= 15 is 0 Å². The van der Waals surface area contributed by atoms with Crippen LogP contribution in [0.25, 0.3) is 11.4 Å². The molecule has 0 saturated carbocycles. The van der Waals surface area contributed by atoms with Gasteiger partial charge in [-0.15, -0.1) is 0 Å². The van der Waals surface area contributed by atoms with E-state index in [0.717, 1.165) is 16.8 Å². The number of anilines is 1. The summed E-state index contributed by atoms with van der Waals surface area (Å²) in [4.78, 5) is 9.00. The maximum Gasteiger partial charge on any atom is 0.162 e. The van der Waals surface area contributed by atoms with Crippen LogP contribution in [0.3, 0.4) is 0 Å². The van der Waals surface area contributed by atoms with E-state index in [9.17, 15) is 0 Å². The third kappa shape index (κ3) is 2.19. The van der Waals surface area contributed by atoms with Crippen LogP contribution in [0.4, 0.5) is 5.82 Å². The summed E-state index contributed by atoms with van der Waals surface area (Å²) in [5.41, 5.74) is 7.98. The molecule has 0 fully saturated rings. The summed E-state index contributed by atoms with van der Waals surface area (Å²) in [5.74, 6) is 6.88. The van der Waals surface area contributed by atoms with E-state index in [-0.39, 0.29) is 0 Å². The van der Waals surface area contributed by atoms with Gasteiger partial charge >= 0.3 is 0 Å². The Morgan fingerprint density at radius 3 is 2.39 bits per heavy atom. The molecule has 1 heterocycles. The average molecular weight is 242 g/mol. The fraction of sp³-hybridized carbons (Fsp3) is 0.286. The van der Waals surface area contributed by atoms with Gasteiger partial charge in [0.2, 0.25) is 0 Å². The Hall–Kier alpha value is -1.94. The lowest BCUT2D eigenvalue weighted by molar-refractivity contribution is 1.05. The van der Waals surface area contributed by atoms with Crippen molar-refractivity contribution < 1.29 is 0 Å². The second-order valence-electron chi connectivity index (χ2n) is 4.57. The summed E-state index contributed by atoms with van der Waals surface area (Å²) in [7, 11) is 0. The molecule has 0 aliphatic carbocycles. The number of nitrogens with one attached hydrogen (secondary N) is 1. The summed E-state index contributed by atoms with van der Waals surface area (Å²) >= 11 is 0. The minimum atomic E-state index is 0.678. The largest absolute Gasteiger partial charge is 0.308 e. The topological polar surface area (TPSA) is 63.8 Å². The van der Waals surface area contributed by atoms with Gasteiger partial charge in [-0.3, -0.25) is 0 Å². The Balaban J connectivity index is 2.60. The number of rotatable bonds is 2. The number of hydrogen-bond donors (Lipinski definition) is 2. The van der Waals surface area contributed by atoms with Gasteiger partial charge < -0.3 is 5.43 Å². The van der Waals surface area contributed by atoms with Crippen molar-refractivity contribution in [2.75, 3.05) is 5.43 Å². The maximum absolute atomic E-state index is 5.49. The van der Waals surface area contributed by atoms with Gasteiger partial charge in [-0.25, -0.2) is 15.8 Å². The summed E-state index contributed by atoms with van der Waals surface area (Å²) in [6, 6.07) is 6.24. The van der Waals surface area contributed by atoms with Crippen molar-refractivity contribution in [3.8, 4) is 11.4 Å². The summed E-state index contributed by atoms with van der Waals surface area (Å²) in [5, 5.41) is 0. The molecule has 1 aromatic carbocycles. The molecule has 0 bridgehead atoms. The Labute approximate surface area is 107 Å². The first-order valence-corrected chi connectivity index (χ1v) is 5.92. The molecule has 0 atom stereocenters. The van der Waals surface area contributed by atoms with Gasteiger partial charge in [0.1, 0.15) is 5.82 Å². The molecule has 18 heavy (non-hydrogen) atoms. The zero-order valence-electron chi connectivity index (χ0n) is 11.2. The van der Waals surface area contributed by atoms with E-state index in [2.05, 4.69) is 47.4 Å². The first-order valence-electron chi connectivity index (χ1n) is 5.92. The smallest absolute Gasteiger partial charge is 0.162 e. The fourth-order valence-electron chi connectivity index (χ4n) is 1.95. The predicted molar refractivity (Wildman–Crippen MR) is 74.2 cm³/mol. The SMILES string of the molecule is Cc1ccc(-c2nc(C)c(C)c(NN)n2)c(C)c1. The van der Waals surface area contributed by atoms with E-state index < -0.39 is 0 Å². The number of aromatic nitrogens is 2. The molecular weight excluding hydrogens is 224 g/mol. The molecule has 94 valence electrons. The van der Waals surface area contributed by atoms with Crippen molar-refractivity contribution in [1.29, 1.82) is 0 Å². The second-order valence-corrected chi connectivity index (χ2v) is 4.57. The number of nitrogens with zero attached hydrogens (tertiary/aromatic N) is 2. The lowest BCUT2D eigenvalue weighted by Crippen LogP contribution is -2.12. The number of aryl methyl sites for hydroxylation is 3. The van der Waals surface area contributed by atoms with E-state index in [1.54, 1.807) is 0 Å². The van der Waals surface area contributed by atoms with Crippen LogP contribution in [0.1, 0.15) is 22.4 Å². The third-order valence-electron chi connectivity index (χ3n) is 3.15. The normalized spacial score (nSPS) is 10.5. The molecule has 1 aromatic heterocycles. The van der Waals surface area contributed by atoms with Crippen molar-refractivity contribution in [2.24, 2.45) is 5.84 Å². The summed E-state index contributed by atoms with van der Waals surface area (Å²) < 4.78 is 0. The maximum atomic E-state index is 5.49. The van der Waals surface area contributed by atoms with Gasteiger partial charge in [0.15, 0.2) is 5.82 Å². The number of nitrogen functional groups attached to an aromatic ring is 1. The quantitative estimate of drug-likeness (QED) is 0.627. The first-order chi connectivity index (χ1) is 8.52. The molecule has 0 aliphatic rings. The molecule has 4 heteroatoms. The van der Waals surface area contributed by atoms with E-state index in [1.807, 2.05) is 13.8 Å². The molecule has 2 rings (SSSR count). The molecule has 0 spiro atoms. The van der Waals surface area contributed by atoms with Crippen LogP contribution in [0, 0.1) is 27.7 Å². The van der Waals surface area contributed by atoms with Crippen LogP contribution in [0.15, 0.2) is 18.2 Å². The van der Waals surface area contributed by atoms with Gasteiger partial charge in [-0.1, -0.05) is 23.8 Å². The third-order valence-corrected chi connectivity index (χ3v) is 3.15. The van der Waals surface area contributed by atoms with Crippen molar-refractivity contribution in [2.45, 2.75) is 27.7 Å². The van der Waals surface area contributed by atoms with E-state index in [0.29, 0.717) is 11.6 Å². The van der Waals surface area contributed by atoms with Gasteiger partial charge in [0.05, 0.1) is 0 Å². The number of hydrazine groups is 1. The van der Waals surface area contributed by atoms with Crippen LogP contribution in [-0.2, 0) is 0 Å². The van der Waals surface area contributed by atoms with Gasteiger partial charge in [-0.2, -0.15) is 0 Å². The highest BCUT2D eigenvalue weighted by Gasteiger charge is 2.10. The average Bonchev–Trinajstić information content (AvgIpc) is 2.32. The van der Waals surface area contributed by atoms with Gasteiger partial charge in [0.25, 0.3) is 0 Å². The molecule has 0 unspecified atom stereocenters. The molecule has 3 N–H and O–H groups in total. The van der Waals surface area contributed by atoms with Crippen LogP contribution in [0.2, 0.25) is 0 Å². The summed E-state index contributed by atoms with van der Waals surface area (Å²) in [6.07, 6.45) is 0. The number of nitrogens with two attached hydrogens (primary N) is 1. The molecule has 0 aliphatic heterocycles. The second kappa shape index (κ2) is 4.74. The molecule has 4 nitrogen and oxygen atoms in total. The zero-order chi connectivity index (χ0) is 13.3. The zero-order valence-corrected chi connectivity index (χ0v) is 11.2.